The van der Waals surface area contributed by atoms with Crippen molar-refractivity contribution in [1.82, 2.24) is 0 Å². The average Bonchev–Trinajstić information content (AvgIpc) is 2.43. The Kier molecular flexibility index (Phi) is 4.48. The number of nitrogen functional groups attached to an aromatic ring is 1. The molecule has 110 valence electrons. The molecular weight excluding hydrogens is 266 g/mol. The predicted octanol–water partition coefficient (Wildman–Crippen LogP) is 3.25. The Labute approximate surface area is 124 Å². The van der Waals surface area contributed by atoms with Crippen molar-refractivity contribution < 1.29 is 14.3 Å². The fourth-order valence-corrected chi connectivity index (χ4v) is 2.25. The van der Waals surface area contributed by atoms with Crippen LogP contribution in [0.2, 0.25) is 0 Å². The number of rotatable bonds is 4. The van der Waals surface area contributed by atoms with Gasteiger partial charge in [0.1, 0.15) is 17.9 Å². The maximum absolute atomic E-state index is 11.7. The van der Waals surface area contributed by atoms with Crippen molar-refractivity contribution in [3.05, 3.63) is 58.7 Å². The number of esters is 1. The highest BCUT2D eigenvalue weighted by molar-refractivity contribution is 5.93. The zero-order chi connectivity index (χ0) is 15.4. The third-order valence-electron chi connectivity index (χ3n) is 3.09. The summed E-state index contributed by atoms with van der Waals surface area (Å²) in [6.45, 7) is 4.45. The van der Waals surface area contributed by atoms with Gasteiger partial charge >= 0.3 is 5.97 Å². The molecule has 2 aromatic carbocycles. The summed E-state index contributed by atoms with van der Waals surface area (Å²) in [5, 5.41) is 0. The lowest BCUT2D eigenvalue weighted by atomic mass is 10.1. The van der Waals surface area contributed by atoms with E-state index >= 15 is 0 Å². The molecule has 0 aromatic heterocycles. The molecule has 0 aliphatic rings. The van der Waals surface area contributed by atoms with E-state index in [4.69, 9.17) is 15.2 Å². The quantitative estimate of drug-likeness (QED) is 0.692. The molecule has 21 heavy (non-hydrogen) atoms. The minimum Gasteiger partial charge on any atom is -0.488 e. The molecule has 0 aliphatic heterocycles. The number of anilines is 1. The van der Waals surface area contributed by atoms with Crippen LogP contribution in [0.3, 0.4) is 0 Å². The second kappa shape index (κ2) is 6.31. The van der Waals surface area contributed by atoms with E-state index in [1.165, 1.54) is 18.2 Å². The second-order valence-corrected chi connectivity index (χ2v) is 5.03. The molecule has 0 heterocycles. The fraction of sp³-hybridized carbons (Fsp3) is 0.235. The SMILES string of the molecule is COC(=O)c1ccc(N)cc1OCc1cc(C)cc(C)c1. The van der Waals surface area contributed by atoms with Crippen LogP contribution in [0.25, 0.3) is 0 Å². The molecule has 2 N–H and O–H groups in total. The Hall–Kier alpha value is -2.49. The molecule has 0 saturated heterocycles. The van der Waals surface area contributed by atoms with Crippen LogP contribution in [0.5, 0.6) is 5.75 Å². The van der Waals surface area contributed by atoms with E-state index in [0.717, 1.165) is 5.56 Å². The van der Waals surface area contributed by atoms with Crippen LogP contribution < -0.4 is 10.5 Å². The Balaban J connectivity index is 2.22. The molecule has 4 heteroatoms. The minimum atomic E-state index is -0.439. The van der Waals surface area contributed by atoms with Gasteiger partial charge in [0.25, 0.3) is 0 Å². The number of nitrogens with two attached hydrogens (primary N) is 1. The van der Waals surface area contributed by atoms with Crippen LogP contribution in [0, 0.1) is 13.8 Å². The largest absolute Gasteiger partial charge is 0.488 e. The summed E-state index contributed by atoms with van der Waals surface area (Å²) in [5.41, 5.74) is 10.1. The van der Waals surface area contributed by atoms with Gasteiger partial charge in [0.15, 0.2) is 0 Å². The van der Waals surface area contributed by atoms with Gasteiger partial charge < -0.3 is 15.2 Å². The molecule has 2 aromatic rings. The van der Waals surface area contributed by atoms with Crippen molar-refractivity contribution in [2.24, 2.45) is 0 Å². The second-order valence-electron chi connectivity index (χ2n) is 5.03. The summed E-state index contributed by atoms with van der Waals surface area (Å²) in [6.07, 6.45) is 0. The molecule has 0 atom stereocenters. The first kappa shape index (κ1) is 14.9. The van der Waals surface area contributed by atoms with Gasteiger partial charge in [-0.3, -0.25) is 0 Å². The molecule has 0 saturated carbocycles. The van der Waals surface area contributed by atoms with E-state index in [1.54, 1.807) is 18.2 Å². The topological polar surface area (TPSA) is 61.5 Å². The van der Waals surface area contributed by atoms with Gasteiger partial charge in [-0.1, -0.05) is 29.3 Å². The lowest BCUT2D eigenvalue weighted by Crippen LogP contribution is -2.06. The lowest BCUT2D eigenvalue weighted by Gasteiger charge is -2.12. The molecule has 2 rings (SSSR count). The van der Waals surface area contributed by atoms with Gasteiger partial charge in [0.2, 0.25) is 0 Å². The van der Waals surface area contributed by atoms with E-state index < -0.39 is 5.97 Å². The lowest BCUT2D eigenvalue weighted by molar-refractivity contribution is 0.0595. The zero-order valence-corrected chi connectivity index (χ0v) is 12.5. The smallest absolute Gasteiger partial charge is 0.341 e. The van der Waals surface area contributed by atoms with Crippen molar-refractivity contribution in [3.8, 4) is 5.75 Å². The Morgan fingerprint density at radius 1 is 1.10 bits per heavy atom. The van der Waals surface area contributed by atoms with Crippen LogP contribution in [0.1, 0.15) is 27.0 Å². The number of methoxy groups -OCH3 is 1. The standard InChI is InChI=1S/C17H19NO3/c1-11-6-12(2)8-13(7-11)10-21-16-9-14(18)4-5-15(16)17(19)20-3/h4-9H,10,18H2,1-3H3. The molecule has 0 bridgehead atoms. The maximum atomic E-state index is 11.7. The van der Waals surface area contributed by atoms with Gasteiger partial charge in [-0.15, -0.1) is 0 Å². The van der Waals surface area contributed by atoms with Crippen LogP contribution in [0.4, 0.5) is 5.69 Å². The van der Waals surface area contributed by atoms with Crippen molar-refractivity contribution in [3.63, 3.8) is 0 Å². The van der Waals surface area contributed by atoms with Crippen molar-refractivity contribution >= 4 is 11.7 Å². The van der Waals surface area contributed by atoms with E-state index in [9.17, 15) is 4.79 Å². The molecule has 4 nitrogen and oxygen atoms in total. The molecule has 0 aliphatic carbocycles. The molecule has 0 amide bonds. The molecule has 0 spiro atoms. The summed E-state index contributed by atoms with van der Waals surface area (Å²) < 4.78 is 10.5. The number of hydrogen-bond donors (Lipinski definition) is 1. The first-order valence-corrected chi connectivity index (χ1v) is 6.67. The third kappa shape index (κ3) is 3.75. The summed E-state index contributed by atoms with van der Waals surface area (Å²) in [6, 6.07) is 11.1. The number of carbonyl (C=O) groups excluding carboxylic acids is 1. The van der Waals surface area contributed by atoms with E-state index in [2.05, 4.69) is 18.2 Å². The van der Waals surface area contributed by atoms with Crippen molar-refractivity contribution in [2.75, 3.05) is 12.8 Å². The molecule has 0 fully saturated rings. The van der Waals surface area contributed by atoms with Crippen LogP contribution in [-0.2, 0) is 11.3 Å². The predicted molar refractivity (Wildman–Crippen MR) is 82.4 cm³/mol. The molecular formula is C17H19NO3. The highest BCUT2D eigenvalue weighted by atomic mass is 16.5. The van der Waals surface area contributed by atoms with Crippen molar-refractivity contribution in [2.45, 2.75) is 20.5 Å². The van der Waals surface area contributed by atoms with E-state index in [1.807, 2.05) is 13.8 Å². The summed E-state index contributed by atoms with van der Waals surface area (Å²) >= 11 is 0. The Bertz CT molecular complexity index is 645. The highest BCUT2D eigenvalue weighted by Gasteiger charge is 2.13. The van der Waals surface area contributed by atoms with Crippen molar-refractivity contribution in [1.29, 1.82) is 0 Å². The Morgan fingerprint density at radius 2 is 1.76 bits per heavy atom. The Morgan fingerprint density at radius 3 is 2.38 bits per heavy atom. The maximum Gasteiger partial charge on any atom is 0.341 e. The molecule has 0 unspecified atom stereocenters. The fourth-order valence-electron chi connectivity index (χ4n) is 2.25. The van der Waals surface area contributed by atoms with E-state index in [0.29, 0.717) is 23.6 Å². The molecule has 0 radical (unpaired) electrons. The van der Waals surface area contributed by atoms with E-state index in [-0.39, 0.29) is 0 Å². The van der Waals surface area contributed by atoms with Crippen LogP contribution >= 0.6 is 0 Å². The van der Waals surface area contributed by atoms with Gasteiger partial charge in [-0.05, 0) is 31.5 Å². The highest BCUT2D eigenvalue weighted by Crippen LogP contribution is 2.24. The number of hydrogen-bond acceptors (Lipinski definition) is 4. The van der Waals surface area contributed by atoms with Gasteiger partial charge in [-0.25, -0.2) is 4.79 Å². The number of carbonyl (C=O) groups is 1. The number of ether oxygens (including phenoxy) is 2. The normalized spacial score (nSPS) is 10.2. The van der Waals surface area contributed by atoms with Gasteiger partial charge in [-0.2, -0.15) is 0 Å². The summed E-state index contributed by atoms with van der Waals surface area (Å²) in [7, 11) is 1.34. The summed E-state index contributed by atoms with van der Waals surface area (Å²) in [5.74, 6) is -0.00793. The number of benzene rings is 2. The minimum absolute atomic E-state index is 0.371. The number of aryl methyl sites for hydroxylation is 2. The van der Waals surface area contributed by atoms with Crippen LogP contribution in [-0.4, -0.2) is 13.1 Å². The third-order valence-corrected chi connectivity index (χ3v) is 3.09. The first-order chi connectivity index (χ1) is 9.99. The summed E-state index contributed by atoms with van der Waals surface area (Å²) in [4.78, 5) is 11.7. The average molecular weight is 285 g/mol. The van der Waals surface area contributed by atoms with Gasteiger partial charge in [0.05, 0.1) is 7.11 Å². The van der Waals surface area contributed by atoms with Crippen LogP contribution in [0.15, 0.2) is 36.4 Å². The zero-order valence-electron chi connectivity index (χ0n) is 12.5. The first-order valence-electron chi connectivity index (χ1n) is 6.67. The monoisotopic (exact) mass is 285 g/mol. The van der Waals surface area contributed by atoms with Gasteiger partial charge in [0, 0.05) is 11.8 Å².